The van der Waals surface area contributed by atoms with Crippen molar-refractivity contribution in [1.82, 2.24) is 25.5 Å². The lowest BCUT2D eigenvalue weighted by molar-refractivity contribution is -0.123. The van der Waals surface area contributed by atoms with Crippen molar-refractivity contribution in [2.24, 2.45) is 11.8 Å². The second kappa shape index (κ2) is 5.92. The van der Waals surface area contributed by atoms with Crippen molar-refractivity contribution in [3.63, 3.8) is 0 Å². The van der Waals surface area contributed by atoms with Crippen molar-refractivity contribution in [3.8, 4) is 11.4 Å². The summed E-state index contributed by atoms with van der Waals surface area (Å²) in [5, 5.41) is 16.0. The summed E-state index contributed by atoms with van der Waals surface area (Å²) < 4.78 is 0. The molecule has 1 aromatic carbocycles. The first-order valence-corrected chi connectivity index (χ1v) is 8.38. The summed E-state index contributed by atoms with van der Waals surface area (Å²) >= 11 is 5.87. The Morgan fingerprint density at radius 2 is 2.09 bits per heavy atom. The molecule has 1 aromatic heterocycles. The highest BCUT2D eigenvalue weighted by Gasteiger charge is 2.40. The SMILES string of the molecule is O=C(Cn1nnc(-c2ccc(Cl)cc2)n1)N[C@@H]1C[C@@H]2CC[C@H]1C2. The van der Waals surface area contributed by atoms with Crippen molar-refractivity contribution >= 4 is 17.5 Å². The molecule has 120 valence electrons. The minimum atomic E-state index is -0.0393. The van der Waals surface area contributed by atoms with Gasteiger partial charge in [-0.05, 0) is 60.6 Å². The Balaban J connectivity index is 1.37. The van der Waals surface area contributed by atoms with Gasteiger partial charge in [-0.25, -0.2) is 0 Å². The molecule has 2 bridgehead atoms. The minimum absolute atomic E-state index is 0.0393. The van der Waals surface area contributed by atoms with E-state index >= 15 is 0 Å². The number of nitrogens with one attached hydrogen (secondary N) is 1. The third-order valence-electron chi connectivity index (χ3n) is 4.92. The maximum absolute atomic E-state index is 12.2. The third-order valence-corrected chi connectivity index (χ3v) is 5.18. The number of rotatable bonds is 4. The average molecular weight is 332 g/mol. The standard InChI is InChI=1S/C16H18ClN5O/c17-13-5-3-11(4-6-13)16-19-21-22(20-16)9-15(23)18-14-8-10-1-2-12(14)7-10/h3-6,10,12,14H,1-2,7-9H2,(H,18,23)/t10-,12+,14-/m1/s1. The summed E-state index contributed by atoms with van der Waals surface area (Å²) in [5.74, 6) is 1.93. The molecule has 6 nitrogen and oxygen atoms in total. The van der Waals surface area contributed by atoms with Crippen molar-refractivity contribution < 1.29 is 4.79 Å². The number of hydrogen-bond acceptors (Lipinski definition) is 4. The molecule has 23 heavy (non-hydrogen) atoms. The van der Waals surface area contributed by atoms with Crippen LogP contribution in [0.1, 0.15) is 25.7 Å². The molecule has 0 radical (unpaired) electrons. The lowest BCUT2D eigenvalue weighted by Crippen LogP contribution is -2.40. The number of tetrazole rings is 1. The van der Waals surface area contributed by atoms with Crippen LogP contribution in [0.2, 0.25) is 5.02 Å². The molecular weight excluding hydrogens is 314 g/mol. The van der Waals surface area contributed by atoms with Crippen LogP contribution < -0.4 is 5.32 Å². The van der Waals surface area contributed by atoms with Crippen LogP contribution in [0.5, 0.6) is 0 Å². The summed E-state index contributed by atoms with van der Waals surface area (Å²) in [6.07, 6.45) is 4.97. The zero-order chi connectivity index (χ0) is 15.8. The predicted octanol–water partition coefficient (Wildman–Crippen LogP) is 2.30. The van der Waals surface area contributed by atoms with Crippen LogP contribution in [0.3, 0.4) is 0 Å². The van der Waals surface area contributed by atoms with E-state index in [2.05, 4.69) is 20.7 Å². The first-order valence-electron chi connectivity index (χ1n) is 8.00. The van der Waals surface area contributed by atoms with Crippen molar-refractivity contribution in [3.05, 3.63) is 29.3 Å². The second-order valence-electron chi connectivity index (χ2n) is 6.50. The van der Waals surface area contributed by atoms with Gasteiger partial charge in [0.05, 0.1) is 0 Å². The topological polar surface area (TPSA) is 72.7 Å². The molecule has 2 saturated carbocycles. The van der Waals surface area contributed by atoms with E-state index < -0.39 is 0 Å². The van der Waals surface area contributed by atoms with E-state index in [4.69, 9.17) is 11.6 Å². The third kappa shape index (κ3) is 3.08. The number of aromatic nitrogens is 4. The van der Waals surface area contributed by atoms with Gasteiger partial charge in [-0.2, -0.15) is 4.80 Å². The van der Waals surface area contributed by atoms with Gasteiger partial charge in [-0.3, -0.25) is 4.79 Å². The van der Waals surface area contributed by atoms with Crippen molar-refractivity contribution in [1.29, 1.82) is 0 Å². The molecule has 2 aliphatic rings. The molecule has 2 fully saturated rings. The predicted molar refractivity (Wildman–Crippen MR) is 85.6 cm³/mol. The van der Waals surface area contributed by atoms with E-state index in [1.807, 2.05) is 12.1 Å². The number of hydrogen-bond donors (Lipinski definition) is 1. The molecule has 0 unspecified atom stereocenters. The fourth-order valence-corrected chi connectivity index (χ4v) is 3.95. The molecular formula is C16H18ClN5O. The van der Waals surface area contributed by atoms with E-state index in [1.165, 1.54) is 24.1 Å². The molecule has 0 saturated heterocycles. The van der Waals surface area contributed by atoms with Gasteiger partial charge in [0.1, 0.15) is 6.54 Å². The maximum Gasteiger partial charge on any atom is 0.243 e. The Morgan fingerprint density at radius 1 is 1.26 bits per heavy atom. The Labute approximate surface area is 139 Å². The van der Waals surface area contributed by atoms with Crippen LogP contribution in [-0.2, 0) is 11.3 Å². The molecule has 4 rings (SSSR count). The highest BCUT2D eigenvalue weighted by Crippen LogP contribution is 2.44. The van der Waals surface area contributed by atoms with Crippen LogP contribution in [0.15, 0.2) is 24.3 Å². The highest BCUT2D eigenvalue weighted by atomic mass is 35.5. The largest absolute Gasteiger partial charge is 0.351 e. The summed E-state index contributed by atoms with van der Waals surface area (Å²) in [6.45, 7) is 0.106. The lowest BCUT2D eigenvalue weighted by Gasteiger charge is -2.22. The number of fused-ring (bicyclic) bond motifs is 2. The Bertz CT molecular complexity index is 714. The molecule has 7 heteroatoms. The minimum Gasteiger partial charge on any atom is -0.351 e. The van der Waals surface area contributed by atoms with Gasteiger partial charge in [0.15, 0.2) is 0 Å². The molecule has 1 N–H and O–H groups in total. The summed E-state index contributed by atoms with van der Waals surface area (Å²) in [4.78, 5) is 13.5. The first-order chi connectivity index (χ1) is 11.2. The van der Waals surface area contributed by atoms with Gasteiger partial charge in [0.2, 0.25) is 11.7 Å². The van der Waals surface area contributed by atoms with E-state index in [-0.39, 0.29) is 12.5 Å². The molecule has 2 aliphatic carbocycles. The molecule has 1 heterocycles. The van der Waals surface area contributed by atoms with Gasteiger partial charge >= 0.3 is 0 Å². The van der Waals surface area contributed by atoms with Crippen LogP contribution in [0.4, 0.5) is 0 Å². The van der Waals surface area contributed by atoms with E-state index in [1.54, 1.807) is 12.1 Å². The highest BCUT2D eigenvalue weighted by molar-refractivity contribution is 6.30. The van der Waals surface area contributed by atoms with Crippen molar-refractivity contribution in [2.45, 2.75) is 38.3 Å². The number of amides is 1. The smallest absolute Gasteiger partial charge is 0.243 e. The zero-order valence-electron chi connectivity index (χ0n) is 12.7. The number of halogens is 1. The number of carbonyl (C=O) groups is 1. The van der Waals surface area contributed by atoms with Gasteiger partial charge in [0.25, 0.3) is 0 Å². The Hall–Kier alpha value is -1.95. The first kappa shape index (κ1) is 14.6. The van der Waals surface area contributed by atoms with Crippen LogP contribution in [0, 0.1) is 11.8 Å². The normalized spacial score (nSPS) is 25.7. The monoisotopic (exact) mass is 331 g/mol. The summed E-state index contributed by atoms with van der Waals surface area (Å²) in [7, 11) is 0. The van der Waals surface area contributed by atoms with Crippen LogP contribution in [-0.4, -0.2) is 32.2 Å². The van der Waals surface area contributed by atoms with Crippen LogP contribution >= 0.6 is 11.6 Å². The maximum atomic E-state index is 12.2. The molecule has 2 aromatic rings. The zero-order valence-corrected chi connectivity index (χ0v) is 13.4. The van der Waals surface area contributed by atoms with Crippen LogP contribution in [0.25, 0.3) is 11.4 Å². The quantitative estimate of drug-likeness (QED) is 0.933. The second-order valence-corrected chi connectivity index (χ2v) is 6.94. The lowest BCUT2D eigenvalue weighted by atomic mass is 9.95. The molecule has 0 spiro atoms. The van der Waals surface area contributed by atoms with E-state index in [9.17, 15) is 4.79 Å². The van der Waals surface area contributed by atoms with Gasteiger partial charge in [-0.1, -0.05) is 18.0 Å². The average Bonchev–Trinajstić information content (AvgIpc) is 3.24. The van der Waals surface area contributed by atoms with Gasteiger partial charge < -0.3 is 5.32 Å². The fraction of sp³-hybridized carbons (Fsp3) is 0.500. The van der Waals surface area contributed by atoms with Gasteiger partial charge in [-0.15, -0.1) is 10.2 Å². The molecule has 3 atom stereocenters. The Morgan fingerprint density at radius 3 is 2.78 bits per heavy atom. The van der Waals surface area contributed by atoms with Gasteiger partial charge in [0, 0.05) is 16.6 Å². The number of carbonyl (C=O) groups excluding carboxylic acids is 1. The van der Waals surface area contributed by atoms with E-state index in [0.29, 0.717) is 22.8 Å². The number of nitrogens with zero attached hydrogens (tertiary/aromatic N) is 4. The fourth-order valence-electron chi connectivity index (χ4n) is 3.83. The summed E-state index contributed by atoms with van der Waals surface area (Å²) in [5.41, 5.74) is 0.828. The summed E-state index contributed by atoms with van der Waals surface area (Å²) in [6, 6.07) is 7.55. The Kier molecular flexibility index (Phi) is 3.77. The number of benzene rings is 1. The van der Waals surface area contributed by atoms with E-state index in [0.717, 1.165) is 17.9 Å². The molecule has 1 amide bonds. The van der Waals surface area contributed by atoms with Crippen molar-refractivity contribution in [2.75, 3.05) is 0 Å². The molecule has 0 aliphatic heterocycles.